The number of carboxylic acid groups (broad SMARTS) is 1. The molecular weight excluding hydrogens is 512 g/mol. The van der Waals surface area contributed by atoms with Gasteiger partial charge in [0.1, 0.15) is 6.04 Å². The SMILES string of the molecule is O=C(NC[C@H](NC(=O)C1Nc2ccccc2C1=O)C(=O)O)c1cc2cc(CCC3CCNCC3)sc2s1. The van der Waals surface area contributed by atoms with E-state index in [0.29, 0.717) is 16.1 Å². The summed E-state index contributed by atoms with van der Waals surface area (Å²) in [5, 5.41) is 21.8. The van der Waals surface area contributed by atoms with E-state index in [2.05, 4.69) is 27.3 Å². The molecule has 2 aliphatic rings. The van der Waals surface area contributed by atoms with Crippen LogP contribution in [0.3, 0.4) is 0 Å². The van der Waals surface area contributed by atoms with E-state index in [1.54, 1.807) is 35.6 Å². The number of piperidine rings is 1. The lowest BCUT2D eigenvalue weighted by atomic mass is 9.93. The van der Waals surface area contributed by atoms with Gasteiger partial charge in [-0.2, -0.15) is 0 Å². The van der Waals surface area contributed by atoms with Crippen LogP contribution < -0.4 is 21.3 Å². The first kappa shape index (κ1) is 25.4. The van der Waals surface area contributed by atoms with E-state index in [1.165, 1.54) is 35.5 Å². The highest BCUT2D eigenvalue weighted by atomic mass is 32.2. The maximum absolute atomic E-state index is 12.7. The van der Waals surface area contributed by atoms with Crippen LogP contribution in [0.1, 0.15) is 44.2 Å². The Morgan fingerprint density at radius 2 is 1.89 bits per heavy atom. The van der Waals surface area contributed by atoms with E-state index in [-0.39, 0.29) is 6.54 Å². The second-order valence-corrected chi connectivity index (χ2v) is 11.8. The second kappa shape index (κ2) is 11.0. The standard InChI is InChI=1S/C26H28N4O5S2/c31-22-17-3-1-2-4-18(17)29-21(22)24(33)30-19(25(34)35)13-28-23(32)20-12-15-11-16(36-26(15)37-20)6-5-14-7-9-27-10-8-14/h1-4,11-12,14,19,21,27,29H,5-10,13H2,(H,28,32)(H,30,33)(H,34,35)/t19-,21?/m0/s1. The van der Waals surface area contributed by atoms with E-state index in [4.69, 9.17) is 0 Å². The first-order chi connectivity index (χ1) is 17.9. The highest BCUT2D eigenvalue weighted by Crippen LogP contribution is 2.35. The number of rotatable bonds is 9. The number of aliphatic carboxylic acids is 1. The molecule has 0 spiro atoms. The number of carbonyl (C=O) groups excluding carboxylic acids is 3. The maximum Gasteiger partial charge on any atom is 0.328 e. The van der Waals surface area contributed by atoms with Gasteiger partial charge in [-0.25, -0.2) is 4.79 Å². The predicted octanol–water partition coefficient (Wildman–Crippen LogP) is 2.87. The Kier molecular flexibility index (Phi) is 7.54. The van der Waals surface area contributed by atoms with Gasteiger partial charge in [0, 0.05) is 28.1 Å². The van der Waals surface area contributed by atoms with Crippen LogP contribution >= 0.6 is 22.7 Å². The molecule has 194 valence electrons. The van der Waals surface area contributed by atoms with Gasteiger partial charge in [-0.1, -0.05) is 12.1 Å². The molecule has 0 radical (unpaired) electrons. The highest BCUT2D eigenvalue weighted by molar-refractivity contribution is 7.39. The molecule has 1 unspecified atom stereocenters. The van der Waals surface area contributed by atoms with Crippen molar-refractivity contribution < 1.29 is 24.3 Å². The Morgan fingerprint density at radius 1 is 1.11 bits per heavy atom. The van der Waals surface area contributed by atoms with Crippen molar-refractivity contribution in [1.82, 2.24) is 16.0 Å². The summed E-state index contributed by atoms with van der Waals surface area (Å²) in [6.45, 7) is 1.89. The monoisotopic (exact) mass is 540 g/mol. The van der Waals surface area contributed by atoms with Gasteiger partial charge < -0.3 is 26.4 Å². The maximum atomic E-state index is 12.7. The lowest BCUT2D eigenvalue weighted by Crippen LogP contribution is -2.53. The number of anilines is 1. The highest BCUT2D eigenvalue weighted by Gasteiger charge is 2.37. The number of Topliss-reactive ketones (excluding diaryl/α,β-unsaturated/α-hetero) is 1. The zero-order chi connectivity index (χ0) is 25.9. The quantitative estimate of drug-likeness (QED) is 0.263. The number of carbonyl (C=O) groups is 4. The molecule has 3 aromatic rings. The van der Waals surface area contributed by atoms with Crippen molar-refractivity contribution in [2.45, 2.75) is 37.8 Å². The zero-order valence-corrected chi connectivity index (χ0v) is 21.7. The first-order valence-corrected chi connectivity index (χ1v) is 14.0. The molecule has 9 nitrogen and oxygen atoms in total. The van der Waals surface area contributed by atoms with Crippen LogP contribution in [0.4, 0.5) is 5.69 Å². The summed E-state index contributed by atoms with van der Waals surface area (Å²) < 4.78 is 1.07. The summed E-state index contributed by atoms with van der Waals surface area (Å²) in [4.78, 5) is 51.4. The largest absolute Gasteiger partial charge is 0.480 e. The predicted molar refractivity (Wildman–Crippen MR) is 144 cm³/mol. The van der Waals surface area contributed by atoms with Gasteiger partial charge in [0.2, 0.25) is 0 Å². The fourth-order valence-electron chi connectivity index (χ4n) is 4.76. The molecule has 2 aromatic heterocycles. The molecule has 0 saturated carbocycles. The van der Waals surface area contributed by atoms with Crippen molar-refractivity contribution in [3.8, 4) is 0 Å². The van der Waals surface area contributed by atoms with E-state index < -0.39 is 35.7 Å². The van der Waals surface area contributed by atoms with E-state index in [0.717, 1.165) is 34.8 Å². The number of carboxylic acids is 1. The van der Waals surface area contributed by atoms with Gasteiger partial charge in [0.25, 0.3) is 11.8 Å². The van der Waals surface area contributed by atoms with Crippen LogP contribution in [0.25, 0.3) is 9.40 Å². The number of aryl methyl sites for hydroxylation is 1. The van der Waals surface area contributed by atoms with Gasteiger partial charge in [-0.3, -0.25) is 14.4 Å². The number of fused-ring (bicyclic) bond motifs is 2. The minimum atomic E-state index is -1.38. The fourth-order valence-corrected chi connectivity index (χ4v) is 7.19. The van der Waals surface area contributed by atoms with Crippen LogP contribution in [0.2, 0.25) is 0 Å². The molecule has 0 aliphatic carbocycles. The van der Waals surface area contributed by atoms with E-state index in [1.807, 2.05) is 6.07 Å². The molecule has 2 amide bonds. The summed E-state index contributed by atoms with van der Waals surface area (Å²) >= 11 is 3.09. The molecule has 2 aliphatic heterocycles. The number of ketones is 1. The molecule has 5 rings (SSSR count). The Balaban J connectivity index is 1.15. The number of hydrogen-bond acceptors (Lipinski definition) is 8. The average molecular weight is 541 g/mol. The van der Waals surface area contributed by atoms with Crippen molar-refractivity contribution in [2.75, 3.05) is 25.0 Å². The molecule has 1 aromatic carbocycles. The van der Waals surface area contributed by atoms with Crippen LogP contribution in [-0.2, 0) is 16.0 Å². The van der Waals surface area contributed by atoms with Gasteiger partial charge in [0.05, 0.1) is 8.89 Å². The minimum Gasteiger partial charge on any atom is -0.480 e. The third kappa shape index (κ3) is 5.68. The topological polar surface area (TPSA) is 137 Å². The van der Waals surface area contributed by atoms with E-state index >= 15 is 0 Å². The van der Waals surface area contributed by atoms with E-state index in [9.17, 15) is 24.3 Å². The summed E-state index contributed by atoms with van der Waals surface area (Å²) in [5.41, 5.74) is 0.912. The number of amides is 2. The van der Waals surface area contributed by atoms with Crippen molar-refractivity contribution in [1.29, 1.82) is 0 Å². The van der Waals surface area contributed by atoms with Gasteiger partial charge >= 0.3 is 5.97 Å². The second-order valence-electron chi connectivity index (χ2n) is 9.39. The van der Waals surface area contributed by atoms with Crippen LogP contribution in [0, 0.1) is 5.92 Å². The number of para-hydroxylation sites is 1. The van der Waals surface area contributed by atoms with Crippen LogP contribution in [0.5, 0.6) is 0 Å². The van der Waals surface area contributed by atoms with Crippen molar-refractivity contribution >= 4 is 61.3 Å². The summed E-state index contributed by atoms with van der Waals surface area (Å²) in [5.74, 6) is -2.11. The normalized spacial score (nSPS) is 18.3. The Bertz CT molecular complexity index is 1310. The Hall–Kier alpha value is -3.28. The molecule has 2 atom stereocenters. The Labute approximate surface area is 221 Å². The Morgan fingerprint density at radius 3 is 2.62 bits per heavy atom. The summed E-state index contributed by atoms with van der Waals surface area (Å²) in [6, 6.07) is 8.10. The minimum absolute atomic E-state index is 0.305. The van der Waals surface area contributed by atoms with Crippen molar-refractivity contribution in [2.24, 2.45) is 5.92 Å². The van der Waals surface area contributed by atoms with Crippen molar-refractivity contribution in [3.05, 3.63) is 51.7 Å². The lowest BCUT2D eigenvalue weighted by molar-refractivity contribution is -0.141. The summed E-state index contributed by atoms with van der Waals surface area (Å²) in [7, 11) is 0. The number of hydrogen-bond donors (Lipinski definition) is 5. The molecule has 1 saturated heterocycles. The molecule has 4 heterocycles. The van der Waals surface area contributed by atoms with Crippen molar-refractivity contribution in [3.63, 3.8) is 0 Å². The molecule has 37 heavy (non-hydrogen) atoms. The first-order valence-electron chi connectivity index (χ1n) is 12.3. The van der Waals surface area contributed by atoms with Crippen LogP contribution in [0.15, 0.2) is 36.4 Å². The fraction of sp³-hybridized carbons (Fsp3) is 0.385. The lowest BCUT2D eigenvalue weighted by Gasteiger charge is -2.22. The number of thiophene rings is 2. The van der Waals surface area contributed by atoms with Gasteiger partial charge in [-0.05, 0) is 69.0 Å². The smallest absolute Gasteiger partial charge is 0.328 e. The van der Waals surface area contributed by atoms with Gasteiger partial charge in [-0.15, -0.1) is 22.7 Å². The molecule has 5 N–H and O–H groups in total. The zero-order valence-electron chi connectivity index (χ0n) is 20.0. The molecule has 11 heteroatoms. The van der Waals surface area contributed by atoms with Gasteiger partial charge in [0.15, 0.2) is 11.8 Å². The molecule has 1 fully saturated rings. The average Bonchev–Trinajstić information content (AvgIpc) is 3.57. The molecule has 0 bridgehead atoms. The molecular formula is C26H28N4O5S2. The third-order valence-electron chi connectivity index (χ3n) is 6.84. The number of nitrogens with one attached hydrogen (secondary N) is 4. The summed E-state index contributed by atoms with van der Waals surface area (Å²) in [6.07, 6.45) is 4.67. The third-order valence-corrected chi connectivity index (χ3v) is 9.29. The van der Waals surface area contributed by atoms with Crippen LogP contribution in [-0.4, -0.2) is 60.4 Å². The number of benzene rings is 1.